The quantitative estimate of drug-likeness (QED) is 0.744. The van der Waals surface area contributed by atoms with Gasteiger partial charge in [0.15, 0.2) is 5.82 Å². The van der Waals surface area contributed by atoms with Gasteiger partial charge in [-0.3, -0.25) is 0 Å². The van der Waals surface area contributed by atoms with Gasteiger partial charge >= 0.3 is 0 Å². The predicted octanol–water partition coefficient (Wildman–Crippen LogP) is 4.47. The summed E-state index contributed by atoms with van der Waals surface area (Å²) in [5, 5.41) is 16.4. The van der Waals surface area contributed by atoms with Crippen LogP contribution in [0.1, 0.15) is 40.9 Å². The minimum atomic E-state index is 0.501. The number of nitrogens with zero attached hydrogens (tertiary/aromatic N) is 3. The average molecular weight is 336 g/mol. The molecule has 3 aromatic rings. The number of aryl methyl sites for hydroxylation is 1. The van der Waals surface area contributed by atoms with Gasteiger partial charge in [0.05, 0.1) is 6.54 Å². The Labute approximate surface area is 143 Å². The van der Waals surface area contributed by atoms with Crippen molar-refractivity contribution in [1.29, 1.82) is 5.26 Å². The molecule has 5 nitrogen and oxygen atoms in total. The fourth-order valence-corrected chi connectivity index (χ4v) is 3.34. The first kappa shape index (κ1) is 14.9. The van der Waals surface area contributed by atoms with Crippen molar-refractivity contribution in [2.75, 3.05) is 5.32 Å². The molecule has 0 spiro atoms. The second-order valence-electron chi connectivity index (χ2n) is 5.98. The molecule has 6 heteroatoms. The Hall–Kier alpha value is -2.65. The second-order valence-corrected chi connectivity index (χ2v) is 7.06. The molecule has 0 radical (unpaired) electrons. The molecule has 0 saturated heterocycles. The van der Waals surface area contributed by atoms with Crippen LogP contribution in [0.4, 0.5) is 5.69 Å². The standard InChI is InChI=1S/C18H16N4OS/c1-11-2-3-13(16-7-6-14(9-19)24-16)8-15(11)20-10-17-21-18(22-23-17)12-4-5-12/h2-3,6-8,12,20H,4-5,10H2,1H3. The molecule has 0 aliphatic heterocycles. The summed E-state index contributed by atoms with van der Waals surface area (Å²) in [6.45, 7) is 2.57. The van der Waals surface area contributed by atoms with Crippen LogP contribution in [0.3, 0.4) is 0 Å². The third kappa shape index (κ3) is 3.03. The zero-order valence-corrected chi connectivity index (χ0v) is 14.1. The van der Waals surface area contributed by atoms with E-state index in [2.05, 4.69) is 46.6 Å². The first-order valence-electron chi connectivity index (χ1n) is 7.90. The zero-order chi connectivity index (χ0) is 16.5. The van der Waals surface area contributed by atoms with Crippen LogP contribution >= 0.6 is 11.3 Å². The molecule has 0 unspecified atom stereocenters. The largest absolute Gasteiger partial charge is 0.376 e. The molecule has 0 bridgehead atoms. The lowest BCUT2D eigenvalue weighted by Crippen LogP contribution is -2.01. The van der Waals surface area contributed by atoms with Crippen LogP contribution in [0.15, 0.2) is 34.9 Å². The molecule has 1 fully saturated rings. The maximum Gasteiger partial charge on any atom is 0.245 e. The number of hydrogen-bond acceptors (Lipinski definition) is 6. The number of nitrogens with one attached hydrogen (secondary N) is 1. The van der Waals surface area contributed by atoms with E-state index in [1.807, 2.05) is 12.1 Å². The Balaban J connectivity index is 1.51. The normalized spacial score (nSPS) is 13.7. The average Bonchev–Trinajstić information content (AvgIpc) is 3.15. The summed E-state index contributed by atoms with van der Waals surface area (Å²) >= 11 is 1.50. The SMILES string of the molecule is Cc1ccc(-c2ccc(C#N)s2)cc1NCc1nc(C2CC2)no1. The molecule has 0 atom stereocenters. The summed E-state index contributed by atoms with van der Waals surface area (Å²) in [4.78, 5) is 6.25. The highest BCUT2D eigenvalue weighted by Gasteiger charge is 2.28. The third-order valence-corrected chi connectivity index (χ3v) is 5.13. The van der Waals surface area contributed by atoms with Gasteiger partial charge in [-0.1, -0.05) is 17.3 Å². The Morgan fingerprint density at radius 2 is 2.21 bits per heavy atom. The number of anilines is 1. The molecular weight excluding hydrogens is 320 g/mol. The molecule has 0 amide bonds. The number of hydrogen-bond donors (Lipinski definition) is 1. The molecule has 2 heterocycles. The minimum Gasteiger partial charge on any atom is -0.376 e. The first-order valence-corrected chi connectivity index (χ1v) is 8.72. The van der Waals surface area contributed by atoms with Gasteiger partial charge in [0, 0.05) is 16.5 Å². The smallest absolute Gasteiger partial charge is 0.245 e. The molecule has 120 valence electrons. The Morgan fingerprint density at radius 3 is 2.96 bits per heavy atom. The van der Waals surface area contributed by atoms with Gasteiger partial charge in [-0.05, 0) is 49.1 Å². The molecule has 1 aliphatic rings. The molecule has 1 aromatic carbocycles. The van der Waals surface area contributed by atoms with Crippen molar-refractivity contribution in [1.82, 2.24) is 10.1 Å². The lowest BCUT2D eigenvalue weighted by Gasteiger charge is -2.09. The van der Waals surface area contributed by atoms with Crippen molar-refractivity contribution in [2.45, 2.75) is 32.2 Å². The zero-order valence-electron chi connectivity index (χ0n) is 13.2. The summed E-state index contributed by atoms with van der Waals surface area (Å²) in [6.07, 6.45) is 2.33. The predicted molar refractivity (Wildman–Crippen MR) is 92.8 cm³/mol. The maximum absolute atomic E-state index is 8.98. The first-order chi connectivity index (χ1) is 11.7. The summed E-state index contributed by atoms with van der Waals surface area (Å²) in [6, 6.07) is 12.3. The van der Waals surface area contributed by atoms with E-state index in [1.54, 1.807) is 0 Å². The van der Waals surface area contributed by atoms with Crippen LogP contribution in [-0.4, -0.2) is 10.1 Å². The molecule has 1 aliphatic carbocycles. The van der Waals surface area contributed by atoms with E-state index >= 15 is 0 Å². The van der Waals surface area contributed by atoms with E-state index in [1.165, 1.54) is 24.2 Å². The van der Waals surface area contributed by atoms with Crippen LogP contribution in [0.2, 0.25) is 0 Å². The monoisotopic (exact) mass is 336 g/mol. The third-order valence-electron chi connectivity index (χ3n) is 4.09. The molecule has 2 aromatic heterocycles. The summed E-state index contributed by atoms with van der Waals surface area (Å²) in [7, 11) is 0. The number of aromatic nitrogens is 2. The van der Waals surface area contributed by atoms with Gasteiger partial charge in [0.25, 0.3) is 0 Å². The fraction of sp³-hybridized carbons (Fsp3) is 0.278. The summed E-state index contributed by atoms with van der Waals surface area (Å²) in [5.74, 6) is 1.95. The van der Waals surface area contributed by atoms with Crippen LogP contribution in [0.5, 0.6) is 0 Å². The van der Waals surface area contributed by atoms with Gasteiger partial charge in [-0.25, -0.2) is 0 Å². The van der Waals surface area contributed by atoms with Gasteiger partial charge in [-0.15, -0.1) is 11.3 Å². The lowest BCUT2D eigenvalue weighted by atomic mass is 10.1. The van der Waals surface area contributed by atoms with Gasteiger partial charge in [0.2, 0.25) is 5.89 Å². The van der Waals surface area contributed by atoms with E-state index in [0.29, 0.717) is 18.4 Å². The van der Waals surface area contributed by atoms with Crippen molar-refractivity contribution in [2.24, 2.45) is 0 Å². The molecule has 1 saturated carbocycles. The molecule has 1 N–H and O–H groups in total. The van der Waals surface area contributed by atoms with E-state index in [4.69, 9.17) is 9.78 Å². The summed E-state index contributed by atoms with van der Waals surface area (Å²) in [5.41, 5.74) is 3.28. The van der Waals surface area contributed by atoms with E-state index in [-0.39, 0.29) is 0 Å². The van der Waals surface area contributed by atoms with Crippen molar-refractivity contribution in [3.05, 3.63) is 52.5 Å². The number of nitriles is 1. The van der Waals surface area contributed by atoms with Gasteiger partial charge < -0.3 is 9.84 Å². The lowest BCUT2D eigenvalue weighted by molar-refractivity contribution is 0.378. The van der Waals surface area contributed by atoms with Crippen LogP contribution in [-0.2, 0) is 6.54 Å². The molecular formula is C18H16N4OS. The van der Waals surface area contributed by atoms with E-state index < -0.39 is 0 Å². The van der Waals surface area contributed by atoms with Crippen molar-refractivity contribution < 1.29 is 4.52 Å². The minimum absolute atomic E-state index is 0.501. The highest BCUT2D eigenvalue weighted by molar-refractivity contribution is 7.16. The van der Waals surface area contributed by atoms with E-state index in [0.717, 1.165) is 32.4 Å². The Kier molecular flexibility index (Phi) is 3.79. The van der Waals surface area contributed by atoms with Crippen molar-refractivity contribution >= 4 is 17.0 Å². The van der Waals surface area contributed by atoms with Gasteiger partial charge in [0.1, 0.15) is 10.9 Å². The number of thiophene rings is 1. The highest BCUT2D eigenvalue weighted by atomic mass is 32.1. The topological polar surface area (TPSA) is 74.7 Å². The van der Waals surface area contributed by atoms with Gasteiger partial charge in [-0.2, -0.15) is 10.2 Å². The second kappa shape index (κ2) is 6.10. The molecule has 4 rings (SSSR count). The van der Waals surface area contributed by atoms with Crippen LogP contribution in [0.25, 0.3) is 10.4 Å². The number of benzene rings is 1. The van der Waals surface area contributed by atoms with Crippen molar-refractivity contribution in [3.8, 4) is 16.5 Å². The Bertz CT molecular complexity index is 917. The number of rotatable bonds is 5. The van der Waals surface area contributed by atoms with Crippen LogP contribution in [0, 0.1) is 18.3 Å². The Morgan fingerprint density at radius 1 is 1.33 bits per heavy atom. The summed E-state index contributed by atoms with van der Waals surface area (Å²) < 4.78 is 5.30. The fourth-order valence-electron chi connectivity index (χ4n) is 2.54. The highest BCUT2D eigenvalue weighted by Crippen LogP contribution is 2.38. The van der Waals surface area contributed by atoms with Crippen molar-refractivity contribution in [3.63, 3.8) is 0 Å². The molecule has 24 heavy (non-hydrogen) atoms. The maximum atomic E-state index is 8.98. The van der Waals surface area contributed by atoms with Crippen LogP contribution < -0.4 is 5.32 Å². The van der Waals surface area contributed by atoms with E-state index in [9.17, 15) is 0 Å².